The molecule has 3 unspecified atom stereocenters. The van der Waals surface area contributed by atoms with E-state index >= 15 is 0 Å². The van der Waals surface area contributed by atoms with Gasteiger partial charge in [0.25, 0.3) is 0 Å². The standard InChI is InChI=1S/C14H25N3S/c1-17-8-4-6-12(17)9-15-14-16-13-7-3-2-5-11(13)10-18-14/h11-13H,2-10H2,1H3,(H,15,16). The molecule has 2 heterocycles. The van der Waals surface area contributed by atoms with Gasteiger partial charge in [-0.15, -0.1) is 0 Å². The van der Waals surface area contributed by atoms with Crippen molar-refractivity contribution in [2.75, 3.05) is 25.9 Å². The van der Waals surface area contributed by atoms with E-state index in [2.05, 4.69) is 17.3 Å². The lowest BCUT2D eigenvalue weighted by Crippen LogP contribution is -2.46. The predicted octanol–water partition coefficient (Wildman–Crippen LogP) is 2.33. The highest BCUT2D eigenvalue weighted by Crippen LogP contribution is 2.31. The Balaban J connectivity index is 1.53. The molecule has 3 nitrogen and oxygen atoms in total. The van der Waals surface area contributed by atoms with E-state index in [1.165, 1.54) is 56.0 Å². The van der Waals surface area contributed by atoms with Gasteiger partial charge in [0.15, 0.2) is 5.17 Å². The smallest absolute Gasteiger partial charge is 0.156 e. The molecule has 0 aromatic heterocycles. The third kappa shape index (κ3) is 2.85. The van der Waals surface area contributed by atoms with Crippen LogP contribution >= 0.6 is 11.8 Å². The molecule has 0 bridgehead atoms. The number of rotatable bonds is 2. The van der Waals surface area contributed by atoms with Crippen molar-refractivity contribution in [3.05, 3.63) is 0 Å². The van der Waals surface area contributed by atoms with Gasteiger partial charge < -0.3 is 10.2 Å². The monoisotopic (exact) mass is 267 g/mol. The van der Waals surface area contributed by atoms with Crippen molar-refractivity contribution in [3.63, 3.8) is 0 Å². The van der Waals surface area contributed by atoms with Crippen LogP contribution in [0, 0.1) is 5.92 Å². The molecule has 3 aliphatic rings. The highest BCUT2D eigenvalue weighted by atomic mass is 32.2. The molecule has 0 radical (unpaired) electrons. The molecular weight excluding hydrogens is 242 g/mol. The Kier molecular flexibility index (Phi) is 4.14. The van der Waals surface area contributed by atoms with Gasteiger partial charge in [-0.05, 0) is 45.2 Å². The van der Waals surface area contributed by atoms with Gasteiger partial charge in [-0.3, -0.25) is 4.99 Å². The van der Waals surface area contributed by atoms with E-state index in [1.54, 1.807) is 0 Å². The molecule has 0 aromatic rings. The molecule has 3 fully saturated rings. The number of amidine groups is 1. The first-order valence-corrected chi connectivity index (χ1v) is 8.45. The number of nitrogens with one attached hydrogen (secondary N) is 1. The third-order valence-corrected chi connectivity index (χ3v) is 5.88. The first-order valence-electron chi connectivity index (χ1n) is 7.47. The van der Waals surface area contributed by atoms with Crippen LogP contribution in [0.4, 0.5) is 0 Å². The second kappa shape index (κ2) is 5.83. The minimum absolute atomic E-state index is 0.684. The van der Waals surface area contributed by atoms with Gasteiger partial charge in [0.1, 0.15) is 0 Å². The van der Waals surface area contributed by atoms with Crippen molar-refractivity contribution in [1.82, 2.24) is 10.2 Å². The number of likely N-dealkylation sites (N-methyl/N-ethyl adjacent to an activating group) is 1. The third-order valence-electron chi connectivity index (χ3n) is 4.77. The van der Waals surface area contributed by atoms with Gasteiger partial charge in [-0.2, -0.15) is 0 Å². The molecule has 102 valence electrons. The van der Waals surface area contributed by atoms with Crippen molar-refractivity contribution in [3.8, 4) is 0 Å². The average molecular weight is 267 g/mol. The van der Waals surface area contributed by atoms with Gasteiger partial charge in [0.2, 0.25) is 0 Å². The maximum Gasteiger partial charge on any atom is 0.156 e. The van der Waals surface area contributed by atoms with Crippen LogP contribution in [0.5, 0.6) is 0 Å². The van der Waals surface area contributed by atoms with Crippen LogP contribution in [0.2, 0.25) is 0 Å². The van der Waals surface area contributed by atoms with Crippen LogP contribution in [-0.4, -0.2) is 48.0 Å². The van der Waals surface area contributed by atoms with Crippen LogP contribution in [0.1, 0.15) is 38.5 Å². The molecule has 1 aliphatic carbocycles. The summed E-state index contributed by atoms with van der Waals surface area (Å²) in [6.07, 6.45) is 8.28. The highest BCUT2D eigenvalue weighted by molar-refractivity contribution is 8.13. The molecule has 1 N–H and O–H groups in total. The molecule has 3 rings (SSSR count). The van der Waals surface area contributed by atoms with Gasteiger partial charge in [-0.25, -0.2) is 0 Å². The molecule has 0 aromatic carbocycles. The zero-order valence-corrected chi connectivity index (χ0v) is 12.2. The lowest BCUT2D eigenvalue weighted by Gasteiger charge is -2.37. The van der Waals surface area contributed by atoms with Crippen LogP contribution in [0.25, 0.3) is 0 Å². The first-order chi connectivity index (χ1) is 8.83. The van der Waals surface area contributed by atoms with E-state index in [4.69, 9.17) is 4.99 Å². The molecule has 0 amide bonds. The van der Waals surface area contributed by atoms with Crippen LogP contribution in [0.15, 0.2) is 4.99 Å². The fourth-order valence-corrected chi connectivity index (χ4v) is 4.64. The molecule has 4 heteroatoms. The molecule has 1 saturated carbocycles. The number of likely N-dealkylation sites (tertiary alicyclic amines) is 1. The number of hydrogen-bond acceptors (Lipinski definition) is 3. The van der Waals surface area contributed by atoms with Gasteiger partial charge in [0, 0.05) is 17.8 Å². The van der Waals surface area contributed by atoms with E-state index in [9.17, 15) is 0 Å². The Bertz CT molecular complexity index is 318. The van der Waals surface area contributed by atoms with Crippen molar-refractivity contribution in [2.24, 2.45) is 10.9 Å². The quantitative estimate of drug-likeness (QED) is 0.832. The summed E-state index contributed by atoms with van der Waals surface area (Å²) in [5.41, 5.74) is 0. The summed E-state index contributed by atoms with van der Waals surface area (Å²) in [6.45, 7) is 2.24. The fourth-order valence-electron chi connectivity index (χ4n) is 3.47. The van der Waals surface area contributed by atoms with Crippen molar-refractivity contribution >= 4 is 16.9 Å². The Hall–Kier alpha value is -0.220. The largest absolute Gasteiger partial charge is 0.362 e. The van der Waals surface area contributed by atoms with Gasteiger partial charge >= 0.3 is 0 Å². The number of aliphatic imine (C=N–C) groups is 1. The lowest BCUT2D eigenvalue weighted by atomic mass is 9.86. The molecule has 18 heavy (non-hydrogen) atoms. The van der Waals surface area contributed by atoms with Gasteiger partial charge in [-0.1, -0.05) is 24.6 Å². The maximum absolute atomic E-state index is 4.83. The average Bonchev–Trinajstić information content (AvgIpc) is 2.82. The summed E-state index contributed by atoms with van der Waals surface area (Å²) in [7, 11) is 2.23. The van der Waals surface area contributed by atoms with E-state index in [0.29, 0.717) is 6.04 Å². The van der Waals surface area contributed by atoms with E-state index in [0.717, 1.165) is 18.5 Å². The summed E-state index contributed by atoms with van der Waals surface area (Å²) < 4.78 is 0. The minimum Gasteiger partial charge on any atom is -0.362 e. The van der Waals surface area contributed by atoms with Crippen molar-refractivity contribution < 1.29 is 0 Å². The predicted molar refractivity (Wildman–Crippen MR) is 79.3 cm³/mol. The fraction of sp³-hybridized carbons (Fsp3) is 0.929. The maximum atomic E-state index is 4.83. The number of nitrogens with zero attached hydrogens (tertiary/aromatic N) is 2. The summed E-state index contributed by atoms with van der Waals surface area (Å²) >= 11 is 1.95. The highest BCUT2D eigenvalue weighted by Gasteiger charge is 2.30. The molecule has 3 atom stereocenters. The normalized spacial score (nSPS) is 39.6. The van der Waals surface area contributed by atoms with E-state index in [1.807, 2.05) is 11.8 Å². The zero-order chi connectivity index (χ0) is 12.4. The van der Waals surface area contributed by atoms with Gasteiger partial charge in [0.05, 0.1) is 6.54 Å². The SMILES string of the molecule is CN1CCCC1CN=C1NC2CCCCC2CS1. The molecule has 0 spiro atoms. The number of hydrogen-bond donors (Lipinski definition) is 1. The van der Waals surface area contributed by atoms with Crippen molar-refractivity contribution in [1.29, 1.82) is 0 Å². The van der Waals surface area contributed by atoms with Crippen molar-refractivity contribution in [2.45, 2.75) is 50.6 Å². The number of fused-ring (bicyclic) bond motifs is 1. The van der Waals surface area contributed by atoms with E-state index < -0.39 is 0 Å². The van der Waals surface area contributed by atoms with E-state index in [-0.39, 0.29) is 0 Å². The molecule has 2 aliphatic heterocycles. The second-order valence-corrected chi connectivity index (χ2v) is 7.04. The zero-order valence-electron chi connectivity index (χ0n) is 11.4. The lowest BCUT2D eigenvalue weighted by molar-refractivity contribution is 0.307. The Labute approximate surface area is 115 Å². The minimum atomic E-state index is 0.684. The number of thioether (sulfide) groups is 1. The summed E-state index contributed by atoms with van der Waals surface area (Å²) in [5.74, 6) is 2.19. The summed E-state index contributed by atoms with van der Waals surface area (Å²) in [6, 6.07) is 1.41. The summed E-state index contributed by atoms with van der Waals surface area (Å²) in [4.78, 5) is 7.29. The molecular formula is C14H25N3S. The Morgan fingerprint density at radius 2 is 2.17 bits per heavy atom. The molecule has 2 saturated heterocycles. The first kappa shape index (κ1) is 12.8. The summed E-state index contributed by atoms with van der Waals surface area (Å²) in [5, 5.41) is 4.91. The second-order valence-electron chi connectivity index (χ2n) is 6.03. The van der Waals surface area contributed by atoms with Crippen LogP contribution in [-0.2, 0) is 0 Å². The Morgan fingerprint density at radius 3 is 3.00 bits per heavy atom. The van der Waals surface area contributed by atoms with Crippen LogP contribution < -0.4 is 5.32 Å². The topological polar surface area (TPSA) is 27.6 Å². The van der Waals surface area contributed by atoms with Crippen LogP contribution in [0.3, 0.4) is 0 Å². The Morgan fingerprint density at radius 1 is 1.28 bits per heavy atom.